The van der Waals surface area contributed by atoms with Crippen LogP contribution in [0, 0.1) is 5.92 Å². The molecule has 0 aliphatic carbocycles. The quantitative estimate of drug-likeness (QED) is 0.636. The van der Waals surface area contributed by atoms with Crippen molar-refractivity contribution >= 4 is 25.3 Å². The highest BCUT2D eigenvalue weighted by Crippen LogP contribution is 2.29. The van der Waals surface area contributed by atoms with E-state index in [1.165, 1.54) is 0 Å². The molecule has 0 fully saturated rings. The second-order valence-electron chi connectivity index (χ2n) is 2.80. The number of hydrogen-bond acceptors (Lipinski definition) is 3. The molecule has 11 heavy (non-hydrogen) atoms. The van der Waals surface area contributed by atoms with E-state index in [4.69, 9.17) is 4.74 Å². The Labute approximate surface area is 79.0 Å². The number of thiol groups is 2. The number of rotatable bonds is 2. The van der Waals surface area contributed by atoms with Gasteiger partial charge in [-0.15, -0.1) is 12.6 Å². The molecule has 64 valence electrons. The van der Waals surface area contributed by atoms with Crippen LogP contribution in [0.25, 0.3) is 0 Å². The van der Waals surface area contributed by atoms with Gasteiger partial charge in [0.15, 0.2) is 0 Å². The van der Waals surface area contributed by atoms with Gasteiger partial charge in [0.05, 0.1) is 6.26 Å². The molecule has 0 aromatic rings. The molecule has 3 unspecified atom stereocenters. The van der Waals surface area contributed by atoms with Gasteiger partial charge >= 0.3 is 0 Å². The molecule has 1 heterocycles. The van der Waals surface area contributed by atoms with Gasteiger partial charge in [0.1, 0.15) is 5.44 Å². The Kier molecular flexibility index (Phi) is 3.66. The Bertz CT molecular complexity index is 147. The van der Waals surface area contributed by atoms with Crippen molar-refractivity contribution in [3.05, 3.63) is 12.3 Å². The summed E-state index contributed by atoms with van der Waals surface area (Å²) in [6.45, 7) is 2.17. The fourth-order valence-electron chi connectivity index (χ4n) is 1.27. The third kappa shape index (κ3) is 2.34. The molecule has 1 nitrogen and oxygen atoms in total. The zero-order valence-corrected chi connectivity index (χ0v) is 8.39. The van der Waals surface area contributed by atoms with Crippen LogP contribution in [-0.2, 0) is 4.74 Å². The molecule has 3 atom stereocenters. The summed E-state index contributed by atoms with van der Waals surface area (Å²) in [5.74, 6) is 0.455. The first kappa shape index (κ1) is 9.33. The summed E-state index contributed by atoms with van der Waals surface area (Å²) in [5.41, 5.74) is 0.0300. The van der Waals surface area contributed by atoms with Gasteiger partial charge in [-0.1, -0.05) is 13.3 Å². The van der Waals surface area contributed by atoms with Crippen molar-refractivity contribution < 1.29 is 4.74 Å². The maximum Gasteiger partial charge on any atom is 0.144 e. The Hall–Kier alpha value is 0.240. The van der Waals surface area contributed by atoms with Crippen molar-refractivity contribution in [3.8, 4) is 0 Å². The molecule has 0 amide bonds. The summed E-state index contributed by atoms with van der Waals surface area (Å²) < 4.78 is 5.25. The second kappa shape index (κ2) is 4.31. The molecule has 1 aliphatic heterocycles. The molecular weight excluding hydrogens is 176 g/mol. The number of ether oxygens (including phenoxy) is 1. The topological polar surface area (TPSA) is 9.23 Å². The lowest BCUT2D eigenvalue weighted by molar-refractivity contribution is 0.145. The van der Waals surface area contributed by atoms with E-state index in [2.05, 4.69) is 32.2 Å². The van der Waals surface area contributed by atoms with Gasteiger partial charge in [0.25, 0.3) is 0 Å². The van der Waals surface area contributed by atoms with Crippen LogP contribution >= 0.6 is 25.3 Å². The summed E-state index contributed by atoms with van der Waals surface area (Å²) >= 11 is 8.76. The highest BCUT2D eigenvalue weighted by atomic mass is 32.1. The van der Waals surface area contributed by atoms with E-state index >= 15 is 0 Å². The van der Waals surface area contributed by atoms with Crippen molar-refractivity contribution in [2.75, 3.05) is 0 Å². The lowest BCUT2D eigenvalue weighted by atomic mass is 9.99. The summed E-state index contributed by atoms with van der Waals surface area (Å²) in [6.07, 6.45) is 5.97. The highest BCUT2D eigenvalue weighted by molar-refractivity contribution is 7.82. The summed E-state index contributed by atoms with van der Waals surface area (Å²) in [7, 11) is 0. The smallest absolute Gasteiger partial charge is 0.144 e. The van der Waals surface area contributed by atoms with Gasteiger partial charge in [-0.05, 0) is 12.5 Å². The molecule has 1 aliphatic rings. The van der Waals surface area contributed by atoms with E-state index in [0.717, 1.165) is 12.8 Å². The minimum atomic E-state index is 0.0300. The minimum Gasteiger partial charge on any atom is -0.488 e. The van der Waals surface area contributed by atoms with Crippen LogP contribution in [0.15, 0.2) is 12.3 Å². The Morgan fingerprint density at radius 3 is 2.73 bits per heavy atom. The van der Waals surface area contributed by atoms with Crippen LogP contribution < -0.4 is 0 Å². The van der Waals surface area contributed by atoms with E-state index in [9.17, 15) is 0 Å². The van der Waals surface area contributed by atoms with Crippen LogP contribution in [0.1, 0.15) is 19.8 Å². The monoisotopic (exact) mass is 190 g/mol. The van der Waals surface area contributed by atoms with Crippen LogP contribution in [0.4, 0.5) is 0 Å². The van der Waals surface area contributed by atoms with Gasteiger partial charge in [0, 0.05) is 11.2 Å². The minimum absolute atomic E-state index is 0.0300. The van der Waals surface area contributed by atoms with Crippen molar-refractivity contribution in [1.82, 2.24) is 0 Å². The lowest BCUT2D eigenvalue weighted by Crippen LogP contribution is -2.28. The maximum atomic E-state index is 5.25. The third-order valence-corrected chi connectivity index (χ3v) is 2.98. The molecule has 0 bridgehead atoms. The fourth-order valence-corrected chi connectivity index (χ4v) is 2.18. The summed E-state index contributed by atoms with van der Waals surface area (Å²) in [4.78, 5) is 0. The molecule has 0 saturated carbocycles. The van der Waals surface area contributed by atoms with Crippen molar-refractivity contribution in [2.24, 2.45) is 5.92 Å². The first-order valence-electron chi connectivity index (χ1n) is 3.94. The largest absolute Gasteiger partial charge is 0.488 e. The third-order valence-electron chi connectivity index (χ3n) is 1.92. The normalized spacial score (nSPS) is 36.8. The zero-order chi connectivity index (χ0) is 8.27. The molecule has 0 N–H and O–H groups in total. The van der Waals surface area contributed by atoms with Crippen molar-refractivity contribution in [1.29, 1.82) is 0 Å². The average Bonchev–Trinajstić information content (AvgIpc) is 1.97. The average molecular weight is 190 g/mol. The maximum absolute atomic E-state index is 5.25. The molecule has 1 rings (SSSR count). The van der Waals surface area contributed by atoms with Crippen LogP contribution in [0.3, 0.4) is 0 Å². The highest BCUT2D eigenvalue weighted by Gasteiger charge is 2.26. The summed E-state index contributed by atoms with van der Waals surface area (Å²) in [6, 6.07) is 0. The van der Waals surface area contributed by atoms with Gasteiger partial charge < -0.3 is 4.74 Å². The Balaban J connectivity index is 2.52. The first-order chi connectivity index (χ1) is 5.25. The fraction of sp³-hybridized carbons (Fsp3) is 0.750. The standard InChI is InChI=1S/C8H14OS2/c1-2-3-6-7(10)4-5-9-8(6)11/h4-8,10-11H,2-3H2,1H3. The van der Waals surface area contributed by atoms with E-state index in [-0.39, 0.29) is 5.44 Å². The second-order valence-corrected chi connectivity index (χ2v) is 3.90. The van der Waals surface area contributed by atoms with Crippen LogP contribution in [0.5, 0.6) is 0 Å². The number of hydrogen-bond donors (Lipinski definition) is 2. The van der Waals surface area contributed by atoms with E-state index < -0.39 is 0 Å². The van der Waals surface area contributed by atoms with Crippen LogP contribution in [0.2, 0.25) is 0 Å². The van der Waals surface area contributed by atoms with Gasteiger partial charge in [0.2, 0.25) is 0 Å². The first-order valence-corrected chi connectivity index (χ1v) is 4.97. The van der Waals surface area contributed by atoms with Crippen molar-refractivity contribution in [3.63, 3.8) is 0 Å². The van der Waals surface area contributed by atoms with E-state index in [1.54, 1.807) is 6.26 Å². The molecule has 3 heteroatoms. The van der Waals surface area contributed by atoms with Gasteiger partial charge in [-0.2, -0.15) is 12.6 Å². The van der Waals surface area contributed by atoms with Gasteiger partial charge in [-0.25, -0.2) is 0 Å². The van der Waals surface area contributed by atoms with Gasteiger partial charge in [-0.3, -0.25) is 0 Å². The van der Waals surface area contributed by atoms with Crippen molar-refractivity contribution in [2.45, 2.75) is 30.5 Å². The summed E-state index contributed by atoms with van der Waals surface area (Å²) in [5, 5.41) is 0.311. The lowest BCUT2D eigenvalue weighted by Gasteiger charge is -2.29. The predicted molar refractivity (Wildman–Crippen MR) is 54.2 cm³/mol. The molecule has 0 saturated heterocycles. The zero-order valence-electron chi connectivity index (χ0n) is 6.60. The Morgan fingerprint density at radius 1 is 1.45 bits per heavy atom. The molecular formula is C8H14OS2. The predicted octanol–water partition coefficient (Wildman–Crippen LogP) is 2.50. The molecule has 0 aromatic carbocycles. The Morgan fingerprint density at radius 2 is 2.18 bits per heavy atom. The molecule has 0 aromatic heterocycles. The SMILES string of the molecule is CCCC1C(S)C=COC1S. The van der Waals surface area contributed by atoms with Crippen LogP contribution in [-0.4, -0.2) is 10.7 Å². The van der Waals surface area contributed by atoms with E-state index in [1.807, 2.05) is 6.08 Å². The van der Waals surface area contributed by atoms with E-state index in [0.29, 0.717) is 11.2 Å². The molecule has 0 radical (unpaired) electrons. The molecule has 0 spiro atoms.